The Kier molecular flexibility index (Phi) is 5.78. The first-order valence-corrected chi connectivity index (χ1v) is 11.1. The number of pyridine rings is 1. The third-order valence-electron chi connectivity index (χ3n) is 6.04. The van der Waals surface area contributed by atoms with Crippen molar-refractivity contribution in [2.24, 2.45) is 0 Å². The largest absolute Gasteiger partial charge is 0.256 e. The lowest BCUT2D eigenvalue weighted by Crippen LogP contribution is -2.11. The van der Waals surface area contributed by atoms with Gasteiger partial charge in [0.05, 0.1) is 5.69 Å². The fraction of sp³-hybridized carbons (Fsp3) is 0.233. The van der Waals surface area contributed by atoms with Gasteiger partial charge in [0, 0.05) is 11.8 Å². The van der Waals surface area contributed by atoms with Gasteiger partial charge in [-0.15, -0.1) is 0 Å². The van der Waals surface area contributed by atoms with Crippen molar-refractivity contribution in [3.63, 3.8) is 0 Å². The van der Waals surface area contributed by atoms with E-state index in [0.29, 0.717) is 0 Å². The first-order chi connectivity index (χ1) is 14.9. The van der Waals surface area contributed by atoms with E-state index in [0.717, 1.165) is 12.1 Å². The topological polar surface area (TPSA) is 12.9 Å². The summed E-state index contributed by atoms with van der Waals surface area (Å²) in [6.45, 7) is 11.3. The van der Waals surface area contributed by atoms with Gasteiger partial charge in [-0.2, -0.15) is 0 Å². The molecule has 0 aliphatic rings. The first-order valence-electron chi connectivity index (χ1n) is 11.1. The highest BCUT2D eigenvalue weighted by atomic mass is 14.7. The van der Waals surface area contributed by atoms with Gasteiger partial charge in [0.15, 0.2) is 0 Å². The van der Waals surface area contributed by atoms with Crippen molar-refractivity contribution >= 4 is 0 Å². The van der Waals surface area contributed by atoms with E-state index < -0.39 is 0 Å². The maximum absolute atomic E-state index is 4.75. The molecule has 0 amide bonds. The average molecular weight is 406 g/mol. The molecular formula is C30H31N. The molecule has 1 heterocycles. The number of rotatable bonds is 4. The fourth-order valence-electron chi connectivity index (χ4n) is 4.20. The Morgan fingerprint density at radius 1 is 0.710 bits per heavy atom. The normalized spacial score (nSPS) is 11.5. The van der Waals surface area contributed by atoms with Gasteiger partial charge in [-0.1, -0.05) is 82.3 Å². The zero-order valence-corrected chi connectivity index (χ0v) is 19.2. The van der Waals surface area contributed by atoms with E-state index in [2.05, 4.69) is 113 Å². The molecule has 3 aromatic carbocycles. The molecule has 31 heavy (non-hydrogen) atoms. The molecule has 0 spiro atoms. The minimum Gasteiger partial charge on any atom is -0.256 e. The predicted octanol–water partition coefficient (Wildman–Crippen LogP) is 8.25. The van der Waals surface area contributed by atoms with E-state index in [9.17, 15) is 0 Å². The molecule has 0 unspecified atom stereocenters. The average Bonchev–Trinajstić information content (AvgIpc) is 2.78. The molecule has 0 radical (unpaired) electrons. The summed E-state index contributed by atoms with van der Waals surface area (Å²) < 4.78 is 0. The number of benzene rings is 3. The maximum atomic E-state index is 4.75. The second-order valence-electron chi connectivity index (χ2n) is 9.30. The first kappa shape index (κ1) is 21.1. The Morgan fingerprint density at radius 3 is 2.16 bits per heavy atom. The lowest BCUT2D eigenvalue weighted by atomic mass is 9.82. The monoisotopic (exact) mass is 405 g/mol. The van der Waals surface area contributed by atoms with Crippen LogP contribution in [0.2, 0.25) is 0 Å². The van der Waals surface area contributed by atoms with Crippen LogP contribution in [-0.2, 0) is 11.8 Å². The SMILES string of the molecule is CCc1c(C)cccc1-c1cc(-c2cc(-c3ccccc3)ccn2)cc(C(C)(C)C)c1. The number of aryl methyl sites for hydroxylation is 1. The zero-order chi connectivity index (χ0) is 22.0. The number of aromatic nitrogens is 1. The van der Waals surface area contributed by atoms with Crippen LogP contribution in [0.3, 0.4) is 0 Å². The molecule has 4 rings (SSSR count). The molecule has 1 nitrogen and oxygen atoms in total. The summed E-state index contributed by atoms with van der Waals surface area (Å²) in [4.78, 5) is 4.75. The second-order valence-corrected chi connectivity index (χ2v) is 9.30. The summed E-state index contributed by atoms with van der Waals surface area (Å²) >= 11 is 0. The quantitative estimate of drug-likeness (QED) is 0.333. The van der Waals surface area contributed by atoms with E-state index in [1.165, 1.54) is 44.5 Å². The molecule has 0 aliphatic heterocycles. The fourth-order valence-corrected chi connectivity index (χ4v) is 4.20. The van der Waals surface area contributed by atoms with Crippen molar-refractivity contribution in [3.8, 4) is 33.5 Å². The van der Waals surface area contributed by atoms with E-state index >= 15 is 0 Å². The summed E-state index contributed by atoms with van der Waals surface area (Å²) in [6, 6.07) is 28.4. The van der Waals surface area contributed by atoms with Gasteiger partial charge in [0.2, 0.25) is 0 Å². The highest BCUT2D eigenvalue weighted by molar-refractivity contribution is 5.77. The van der Waals surface area contributed by atoms with Gasteiger partial charge in [-0.05, 0) is 82.0 Å². The predicted molar refractivity (Wildman–Crippen MR) is 133 cm³/mol. The van der Waals surface area contributed by atoms with E-state index in [1.54, 1.807) is 0 Å². The molecule has 0 saturated heterocycles. The molecule has 0 bridgehead atoms. The molecule has 1 aromatic heterocycles. The van der Waals surface area contributed by atoms with Crippen molar-refractivity contribution in [3.05, 3.63) is 102 Å². The summed E-state index contributed by atoms with van der Waals surface area (Å²) in [5.74, 6) is 0. The van der Waals surface area contributed by atoms with E-state index in [1.807, 2.05) is 6.20 Å². The Bertz CT molecular complexity index is 1200. The summed E-state index contributed by atoms with van der Waals surface area (Å²) in [5, 5.41) is 0. The summed E-state index contributed by atoms with van der Waals surface area (Å²) in [5.41, 5.74) is 11.3. The highest BCUT2D eigenvalue weighted by Crippen LogP contribution is 2.35. The molecule has 0 N–H and O–H groups in total. The Balaban J connectivity index is 1.90. The van der Waals surface area contributed by atoms with Gasteiger partial charge in [0.1, 0.15) is 0 Å². The molecule has 156 valence electrons. The third kappa shape index (κ3) is 4.46. The summed E-state index contributed by atoms with van der Waals surface area (Å²) in [7, 11) is 0. The van der Waals surface area contributed by atoms with Gasteiger partial charge in [0.25, 0.3) is 0 Å². The van der Waals surface area contributed by atoms with Gasteiger partial charge in [-0.3, -0.25) is 4.98 Å². The van der Waals surface area contributed by atoms with E-state index in [4.69, 9.17) is 4.98 Å². The van der Waals surface area contributed by atoms with Crippen LogP contribution in [0, 0.1) is 6.92 Å². The summed E-state index contributed by atoms with van der Waals surface area (Å²) in [6.07, 6.45) is 2.95. The molecule has 0 saturated carbocycles. The molecular weight excluding hydrogens is 374 g/mol. The minimum atomic E-state index is 0.0536. The molecule has 0 aliphatic carbocycles. The van der Waals surface area contributed by atoms with Crippen molar-refractivity contribution in [1.82, 2.24) is 4.98 Å². The van der Waals surface area contributed by atoms with Crippen LogP contribution >= 0.6 is 0 Å². The number of hydrogen-bond acceptors (Lipinski definition) is 1. The van der Waals surface area contributed by atoms with Crippen LogP contribution < -0.4 is 0 Å². The molecule has 4 aromatic rings. The zero-order valence-electron chi connectivity index (χ0n) is 19.2. The molecule has 1 heteroatoms. The lowest BCUT2D eigenvalue weighted by Gasteiger charge is -2.22. The number of hydrogen-bond donors (Lipinski definition) is 0. The van der Waals surface area contributed by atoms with Crippen molar-refractivity contribution in [2.45, 2.75) is 46.5 Å². The smallest absolute Gasteiger partial charge is 0.0708 e. The number of nitrogens with zero attached hydrogens (tertiary/aromatic N) is 1. The third-order valence-corrected chi connectivity index (χ3v) is 6.04. The Morgan fingerprint density at radius 2 is 1.45 bits per heavy atom. The minimum absolute atomic E-state index is 0.0536. The van der Waals surface area contributed by atoms with Crippen LogP contribution in [0.4, 0.5) is 0 Å². The van der Waals surface area contributed by atoms with Crippen molar-refractivity contribution in [1.29, 1.82) is 0 Å². The molecule has 0 atom stereocenters. The molecule has 0 fully saturated rings. The van der Waals surface area contributed by atoms with Crippen LogP contribution in [0.15, 0.2) is 85.1 Å². The van der Waals surface area contributed by atoms with Gasteiger partial charge < -0.3 is 0 Å². The Labute approximate surface area is 186 Å². The van der Waals surface area contributed by atoms with Crippen LogP contribution in [0.25, 0.3) is 33.5 Å². The van der Waals surface area contributed by atoms with Crippen molar-refractivity contribution in [2.75, 3.05) is 0 Å². The maximum Gasteiger partial charge on any atom is 0.0708 e. The van der Waals surface area contributed by atoms with Crippen LogP contribution in [-0.4, -0.2) is 4.98 Å². The van der Waals surface area contributed by atoms with E-state index in [-0.39, 0.29) is 5.41 Å². The van der Waals surface area contributed by atoms with Gasteiger partial charge >= 0.3 is 0 Å². The standard InChI is InChI=1S/C30H31N/c1-6-27-21(2)11-10-14-28(27)24-17-25(19-26(18-24)30(3,4)5)29-20-23(15-16-31-29)22-12-8-7-9-13-22/h7-20H,6H2,1-5H3. The second kappa shape index (κ2) is 8.51. The van der Waals surface area contributed by atoms with Crippen molar-refractivity contribution < 1.29 is 0 Å². The van der Waals surface area contributed by atoms with Gasteiger partial charge in [-0.25, -0.2) is 0 Å². The van der Waals surface area contributed by atoms with Crippen LogP contribution in [0.5, 0.6) is 0 Å². The lowest BCUT2D eigenvalue weighted by molar-refractivity contribution is 0.590. The highest BCUT2D eigenvalue weighted by Gasteiger charge is 2.18. The Hall–Kier alpha value is -3.19. The van der Waals surface area contributed by atoms with Crippen LogP contribution in [0.1, 0.15) is 44.4 Å².